The molecule has 9 nitrogen and oxygen atoms in total. The molecule has 0 bridgehead atoms. The van der Waals surface area contributed by atoms with Gasteiger partial charge in [0.05, 0.1) is 9.85 Å². The summed E-state index contributed by atoms with van der Waals surface area (Å²) in [5.41, 5.74) is -0.452. The van der Waals surface area contributed by atoms with Crippen LogP contribution in [0.25, 0.3) is 0 Å². The summed E-state index contributed by atoms with van der Waals surface area (Å²) in [4.78, 5) is 20.3. The largest absolute Gasteiger partial charge is 0.416 e. The highest BCUT2D eigenvalue weighted by atomic mass is 32.2. The van der Waals surface area contributed by atoms with Crippen LogP contribution >= 0.6 is 11.8 Å². The predicted octanol–water partition coefficient (Wildman–Crippen LogP) is 4.23. The van der Waals surface area contributed by atoms with Crippen LogP contribution in [0.5, 0.6) is 0 Å². The Bertz CT molecular complexity index is 788. The molecule has 10 heteroatoms. The lowest BCUT2D eigenvalue weighted by atomic mass is 9.89. The number of thioether (sulfide) groups is 1. The van der Waals surface area contributed by atoms with Crippen LogP contribution in [0.1, 0.15) is 49.5 Å². The van der Waals surface area contributed by atoms with Crippen molar-refractivity contribution in [2.75, 3.05) is 0 Å². The first-order chi connectivity index (χ1) is 12.0. The molecule has 1 aliphatic carbocycles. The Balaban J connectivity index is 1.67. The normalized spacial score (nSPS) is 15.2. The summed E-state index contributed by atoms with van der Waals surface area (Å²) >= 11 is 1.26. The minimum Gasteiger partial charge on any atom is -0.416 e. The smallest absolute Gasteiger partial charge is 0.346 e. The summed E-state index contributed by atoms with van der Waals surface area (Å²) in [5.74, 6) is 1.32. The number of nitrogens with zero attached hydrogens (tertiary/aromatic N) is 4. The molecular formula is C15H16N4O5S. The molecule has 1 aromatic heterocycles. The van der Waals surface area contributed by atoms with E-state index in [2.05, 4.69) is 10.2 Å². The zero-order valence-corrected chi connectivity index (χ0v) is 14.1. The summed E-state index contributed by atoms with van der Waals surface area (Å²) in [5, 5.41) is 30.3. The van der Waals surface area contributed by atoms with Crippen LogP contribution in [0.2, 0.25) is 0 Å². The Morgan fingerprint density at radius 1 is 1.08 bits per heavy atom. The van der Waals surface area contributed by atoms with Gasteiger partial charge in [-0.05, 0) is 18.4 Å². The van der Waals surface area contributed by atoms with Crippen molar-refractivity contribution in [1.82, 2.24) is 10.2 Å². The highest BCUT2D eigenvalue weighted by Gasteiger charge is 2.25. The average Bonchev–Trinajstić information content (AvgIpc) is 3.09. The van der Waals surface area contributed by atoms with Gasteiger partial charge >= 0.3 is 11.4 Å². The molecular weight excluding hydrogens is 348 g/mol. The maximum atomic E-state index is 11.0. The van der Waals surface area contributed by atoms with Crippen LogP contribution in [0.4, 0.5) is 11.4 Å². The van der Waals surface area contributed by atoms with Crippen molar-refractivity contribution in [3.05, 3.63) is 49.9 Å². The summed E-state index contributed by atoms with van der Waals surface area (Å²) in [6.07, 6.45) is 5.69. The fourth-order valence-corrected chi connectivity index (χ4v) is 3.61. The number of hydrogen-bond acceptors (Lipinski definition) is 8. The van der Waals surface area contributed by atoms with E-state index in [1.165, 1.54) is 43.2 Å². The fraction of sp³-hybridized carbons (Fsp3) is 0.467. The van der Waals surface area contributed by atoms with Gasteiger partial charge in [0.25, 0.3) is 5.22 Å². The van der Waals surface area contributed by atoms with Crippen LogP contribution in [-0.2, 0) is 5.75 Å². The molecule has 25 heavy (non-hydrogen) atoms. The molecule has 0 radical (unpaired) electrons. The molecule has 0 aliphatic heterocycles. The van der Waals surface area contributed by atoms with Crippen LogP contribution in [0, 0.1) is 20.2 Å². The molecule has 0 unspecified atom stereocenters. The second-order valence-electron chi connectivity index (χ2n) is 5.87. The maximum absolute atomic E-state index is 11.0. The highest BCUT2D eigenvalue weighted by Crippen LogP contribution is 2.34. The van der Waals surface area contributed by atoms with E-state index in [9.17, 15) is 20.2 Å². The van der Waals surface area contributed by atoms with Crippen molar-refractivity contribution in [2.24, 2.45) is 0 Å². The molecule has 0 N–H and O–H groups in total. The van der Waals surface area contributed by atoms with E-state index in [0.29, 0.717) is 28.3 Å². The van der Waals surface area contributed by atoms with Gasteiger partial charge in [-0.2, -0.15) is 0 Å². The van der Waals surface area contributed by atoms with Crippen molar-refractivity contribution >= 4 is 23.1 Å². The predicted molar refractivity (Wildman–Crippen MR) is 89.4 cm³/mol. The lowest BCUT2D eigenvalue weighted by Gasteiger charge is -2.17. The Hall–Kier alpha value is -2.49. The second-order valence-corrected chi connectivity index (χ2v) is 6.79. The molecule has 0 atom stereocenters. The molecule has 132 valence electrons. The molecule has 1 aromatic carbocycles. The maximum Gasteiger partial charge on any atom is 0.346 e. The molecule has 1 aliphatic rings. The molecule has 2 aromatic rings. The minimum absolute atomic E-state index is 0.316. The third-order valence-corrected chi connectivity index (χ3v) is 5.06. The standard InChI is InChI=1S/C15H16N4O5S/c20-18(21)12-7-6-10(8-13(12)19(22)23)9-25-15-17-16-14(24-15)11-4-2-1-3-5-11/h6-8,11H,1-5,9H2. The summed E-state index contributed by atoms with van der Waals surface area (Å²) in [7, 11) is 0. The van der Waals surface area contributed by atoms with Crippen molar-refractivity contribution in [3.8, 4) is 0 Å². The van der Waals surface area contributed by atoms with Crippen LogP contribution in [0.3, 0.4) is 0 Å². The first kappa shape index (κ1) is 17.3. The number of nitro benzene ring substituents is 2. The lowest BCUT2D eigenvalue weighted by Crippen LogP contribution is -2.04. The molecule has 0 amide bonds. The number of hydrogen-bond donors (Lipinski definition) is 0. The topological polar surface area (TPSA) is 125 Å². The van der Waals surface area contributed by atoms with E-state index in [1.807, 2.05) is 0 Å². The molecule has 1 fully saturated rings. The third kappa shape index (κ3) is 4.13. The second kappa shape index (κ2) is 7.60. The molecule has 0 spiro atoms. The van der Waals surface area contributed by atoms with Gasteiger partial charge in [0, 0.05) is 23.8 Å². The average molecular weight is 364 g/mol. The third-order valence-electron chi connectivity index (χ3n) is 4.17. The van der Waals surface area contributed by atoms with E-state index >= 15 is 0 Å². The van der Waals surface area contributed by atoms with Gasteiger partial charge in [-0.25, -0.2) is 0 Å². The lowest BCUT2D eigenvalue weighted by molar-refractivity contribution is -0.422. The summed E-state index contributed by atoms with van der Waals surface area (Å²) in [6.45, 7) is 0. The first-order valence-corrected chi connectivity index (χ1v) is 8.91. The van der Waals surface area contributed by atoms with Gasteiger partial charge < -0.3 is 4.42 Å². The number of nitro groups is 2. The highest BCUT2D eigenvalue weighted by molar-refractivity contribution is 7.98. The van der Waals surface area contributed by atoms with Gasteiger partial charge in [0.2, 0.25) is 5.89 Å². The van der Waals surface area contributed by atoms with Gasteiger partial charge in [-0.3, -0.25) is 20.2 Å². The van der Waals surface area contributed by atoms with E-state index in [0.717, 1.165) is 18.9 Å². The van der Waals surface area contributed by atoms with Crippen molar-refractivity contribution < 1.29 is 14.3 Å². The molecule has 1 saturated carbocycles. The van der Waals surface area contributed by atoms with E-state index < -0.39 is 21.2 Å². The van der Waals surface area contributed by atoms with Gasteiger partial charge in [-0.1, -0.05) is 37.1 Å². The van der Waals surface area contributed by atoms with Crippen molar-refractivity contribution in [1.29, 1.82) is 0 Å². The Labute approximate surface area is 147 Å². The SMILES string of the molecule is O=[N+]([O-])c1ccc(CSc2nnc(C3CCCCC3)o2)cc1[N+](=O)[O-]. The van der Waals surface area contributed by atoms with Gasteiger partial charge in [-0.15, -0.1) is 10.2 Å². The zero-order chi connectivity index (χ0) is 17.8. The summed E-state index contributed by atoms with van der Waals surface area (Å²) < 4.78 is 5.68. The molecule has 1 heterocycles. The fourth-order valence-electron chi connectivity index (χ4n) is 2.90. The number of aromatic nitrogens is 2. The van der Waals surface area contributed by atoms with E-state index in [-0.39, 0.29) is 0 Å². The first-order valence-electron chi connectivity index (χ1n) is 7.92. The van der Waals surface area contributed by atoms with Gasteiger partial charge in [0.1, 0.15) is 0 Å². The van der Waals surface area contributed by atoms with Crippen LogP contribution in [0.15, 0.2) is 27.8 Å². The Morgan fingerprint density at radius 3 is 2.48 bits per heavy atom. The van der Waals surface area contributed by atoms with E-state index in [4.69, 9.17) is 4.42 Å². The van der Waals surface area contributed by atoms with Crippen molar-refractivity contribution in [3.63, 3.8) is 0 Å². The van der Waals surface area contributed by atoms with Crippen LogP contribution < -0.4 is 0 Å². The Morgan fingerprint density at radius 2 is 1.80 bits per heavy atom. The zero-order valence-electron chi connectivity index (χ0n) is 13.3. The van der Waals surface area contributed by atoms with Crippen molar-refractivity contribution in [2.45, 2.75) is 49.0 Å². The van der Waals surface area contributed by atoms with Crippen LogP contribution in [-0.4, -0.2) is 20.0 Å². The number of benzene rings is 1. The molecule has 3 rings (SSSR count). The molecule has 0 saturated heterocycles. The Kier molecular flexibility index (Phi) is 5.27. The minimum atomic E-state index is -0.760. The van der Waals surface area contributed by atoms with Gasteiger partial charge in [0.15, 0.2) is 0 Å². The monoisotopic (exact) mass is 364 g/mol. The quantitative estimate of drug-likeness (QED) is 0.423. The number of rotatable bonds is 6. The van der Waals surface area contributed by atoms with E-state index in [1.54, 1.807) is 0 Å². The summed E-state index contributed by atoms with van der Waals surface area (Å²) in [6, 6.07) is 3.86.